The summed E-state index contributed by atoms with van der Waals surface area (Å²) in [5, 5.41) is 0.720. The summed E-state index contributed by atoms with van der Waals surface area (Å²) < 4.78 is 66.4. The summed E-state index contributed by atoms with van der Waals surface area (Å²) in [5.74, 6) is -0.447. The number of nitrogens with zero attached hydrogens (tertiary/aromatic N) is 1. The summed E-state index contributed by atoms with van der Waals surface area (Å²) in [6, 6.07) is 18.0. The van der Waals surface area contributed by atoms with Crippen LogP contribution < -0.4 is 8.75 Å². The molecule has 0 aliphatic rings. The third kappa shape index (κ3) is 2.92. The van der Waals surface area contributed by atoms with Crippen molar-refractivity contribution < 1.29 is 30.3 Å². The maximum absolute atomic E-state index is 12.6. The molecule has 0 spiro atoms. The maximum Gasteiger partial charge on any atom is 0.534 e. The van der Waals surface area contributed by atoms with Gasteiger partial charge in [-0.2, -0.15) is 21.6 Å². The van der Waals surface area contributed by atoms with Gasteiger partial charge in [-0.15, -0.1) is 4.57 Å². The van der Waals surface area contributed by atoms with Gasteiger partial charge in [0.15, 0.2) is 0 Å². The van der Waals surface area contributed by atoms with Crippen molar-refractivity contribution in [3.8, 4) is 11.6 Å². The average Bonchev–Trinajstić information content (AvgIpc) is 2.54. The second-order valence-electron chi connectivity index (χ2n) is 4.88. The fraction of sp³-hybridized carbons (Fsp3) is 0.0625. The summed E-state index contributed by atoms with van der Waals surface area (Å²) in [5.41, 5.74) is -4.52. The molecule has 24 heavy (non-hydrogen) atoms. The average molecular weight is 354 g/mol. The molecule has 0 aliphatic carbocycles. The second-order valence-corrected chi connectivity index (χ2v) is 6.42. The van der Waals surface area contributed by atoms with Gasteiger partial charge in [-0.1, -0.05) is 30.3 Å². The summed E-state index contributed by atoms with van der Waals surface area (Å²) in [6.07, 6.45) is 0. The van der Waals surface area contributed by atoms with Gasteiger partial charge < -0.3 is 4.18 Å². The Morgan fingerprint density at radius 2 is 1.46 bits per heavy atom. The zero-order valence-electron chi connectivity index (χ0n) is 12.1. The molecule has 0 atom stereocenters. The first-order valence-electron chi connectivity index (χ1n) is 6.79. The molecule has 1 heterocycles. The summed E-state index contributed by atoms with van der Waals surface area (Å²) >= 11 is 0. The quantitative estimate of drug-likeness (QED) is 0.412. The van der Waals surface area contributed by atoms with E-state index in [4.69, 9.17) is 0 Å². The SMILES string of the molecule is O=S(=O)(Oc1ccc2ccccc2[n+]1-c1ccccc1)C(F)(F)F. The highest BCUT2D eigenvalue weighted by molar-refractivity contribution is 7.87. The first-order valence-corrected chi connectivity index (χ1v) is 8.20. The van der Waals surface area contributed by atoms with Crippen LogP contribution in [0, 0.1) is 0 Å². The Hall–Kier alpha value is -2.61. The lowest BCUT2D eigenvalue weighted by atomic mass is 10.2. The number of aromatic nitrogens is 1. The minimum absolute atomic E-state index is 0.447. The van der Waals surface area contributed by atoms with Crippen molar-refractivity contribution in [3.05, 3.63) is 66.7 Å². The zero-order valence-corrected chi connectivity index (χ0v) is 12.9. The monoisotopic (exact) mass is 354 g/mol. The van der Waals surface area contributed by atoms with Crippen molar-refractivity contribution >= 4 is 21.0 Å². The van der Waals surface area contributed by atoms with E-state index in [0.717, 1.165) is 5.39 Å². The van der Waals surface area contributed by atoms with Crippen LogP contribution in [0.5, 0.6) is 5.88 Å². The molecule has 124 valence electrons. The van der Waals surface area contributed by atoms with Crippen molar-refractivity contribution in [2.45, 2.75) is 5.51 Å². The van der Waals surface area contributed by atoms with E-state index < -0.39 is 21.5 Å². The smallest absolute Gasteiger partial charge is 0.315 e. The molecule has 0 aliphatic heterocycles. The van der Waals surface area contributed by atoms with Gasteiger partial charge in [-0.3, -0.25) is 0 Å². The molecule has 0 saturated carbocycles. The van der Waals surface area contributed by atoms with Gasteiger partial charge in [-0.05, 0) is 12.1 Å². The van der Waals surface area contributed by atoms with Crippen molar-refractivity contribution in [1.82, 2.24) is 0 Å². The van der Waals surface area contributed by atoms with Crippen LogP contribution in [0.3, 0.4) is 0 Å². The van der Waals surface area contributed by atoms with E-state index in [1.54, 1.807) is 54.6 Å². The standard InChI is InChI=1S/C16H11F3NO3S/c17-16(18,19)24(21,22)23-15-11-10-12-6-4-5-9-14(12)20(15)13-7-2-1-3-8-13/h1-11H/q+1. The minimum atomic E-state index is -5.77. The van der Waals surface area contributed by atoms with Gasteiger partial charge in [-0.25, -0.2) is 0 Å². The Kier molecular flexibility index (Phi) is 3.92. The van der Waals surface area contributed by atoms with E-state index >= 15 is 0 Å². The van der Waals surface area contributed by atoms with E-state index in [9.17, 15) is 21.6 Å². The van der Waals surface area contributed by atoms with Gasteiger partial charge in [0, 0.05) is 23.6 Å². The molecule has 3 aromatic rings. The summed E-state index contributed by atoms with van der Waals surface area (Å²) in [6.45, 7) is 0. The van der Waals surface area contributed by atoms with E-state index in [1.165, 1.54) is 16.7 Å². The molecule has 0 fully saturated rings. The molecule has 0 amide bonds. The van der Waals surface area contributed by atoms with Gasteiger partial charge in [0.2, 0.25) is 11.2 Å². The lowest BCUT2D eigenvalue weighted by Gasteiger charge is -2.09. The van der Waals surface area contributed by atoms with Gasteiger partial charge in [0.25, 0.3) is 0 Å². The van der Waals surface area contributed by atoms with Crippen molar-refractivity contribution in [2.75, 3.05) is 0 Å². The number of para-hydroxylation sites is 2. The van der Waals surface area contributed by atoms with Crippen molar-refractivity contribution in [2.24, 2.45) is 0 Å². The molecule has 0 saturated heterocycles. The molecule has 0 N–H and O–H groups in total. The van der Waals surface area contributed by atoms with Crippen LogP contribution in [-0.2, 0) is 10.1 Å². The number of fused-ring (bicyclic) bond motifs is 1. The predicted molar refractivity (Wildman–Crippen MR) is 81.1 cm³/mol. The maximum atomic E-state index is 12.6. The van der Waals surface area contributed by atoms with Crippen LogP contribution in [0.15, 0.2) is 66.7 Å². The first kappa shape index (κ1) is 16.3. The lowest BCUT2D eigenvalue weighted by Crippen LogP contribution is -2.38. The van der Waals surface area contributed by atoms with E-state index in [-0.39, 0.29) is 0 Å². The first-order chi connectivity index (χ1) is 11.3. The summed E-state index contributed by atoms with van der Waals surface area (Å²) in [7, 11) is -5.77. The Balaban J connectivity index is 2.26. The lowest BCUT2D eigenvalue weighted by molar-refractivity contribution is -0.572. The zero-order chi connectivity index (χ0) is 17.4. The third-order valence-electron chi connectivity index (χ3n) is 3.30. The number of pyridine rings is 1. The Labute approximate surface area is 135 Å². The molecular weight excluding hydrogens is 343 g/mol. The normalized spacial score (nSPS) is 12.3. The summed E-state index contributed by atoms with van der Waals surface area (Å²) in [4.78, 5) is 0. The van der Waals surface area contributed by atoms with Gasteiger partial charge in [0.05, 0.1) is 6.07 Å². The Bertz CT molecular complexity index is 986. The molecule has 8 heteroatoms. The number of benzene rings is 2. The highest BCUT2D eigenvalue weighted by Gasteiger charge is 2.50. The highest BCUT2D eigenvalue weighted by atomic mass is 32.2. The molecule has 4 nitrogen and oxygen atoms in total. The molecule has 0 radical (unpaired) electrons. The van der Waals surface area contributed by atoms with Crippen LogP contribution in [0.1, 0.15) is 0 Å². The molecule has 1 aromatic heterocycles. The van der Waals surface area contributed by atoms with Crippen LogP contribution >= 0.6 is 0 Å². The van der Waals surface area contributed by atoms with E-state index in [1.807, 2.05) is 0 Å². The van der Waals surface area contributed by atoms with Crippen molar-refractivity contribution in [3.63, 3.8) is 0 Å². The molecule has 0 unspecified atom stereocenters. The molecule has 2 aromatic carbocycles. The largest absolute Gasteiger partial charge is 0.534 e. The molecule has 0 bridgehead atoms. The minimum Gasteiger partial charge on any atom is -0.315 e. The Morgan fingerprint density at radius 1 is 0.833 bits per heavy atom. The van der Waals surface area contributed by atoms with Gasteiger partial charge >= 0.3 is 21.5 Å². The predicted octanol–water partition coefficient (Wildman–Crippen LogP) is 3.34. The fourth-order valence-corrected chi connectivity index (χ4v) is 2.70. The number of hydrogen-bond acceptors (Lipinski definition) is 3. The highest BCUT2D eigenvalue weighted by Crippen LogP contribution is 2.27. The van der Waals surface area contributed by atoms with E-state index in [0.29, 0.717) is 11.2 Å². The van der Waals surface area contributed by atoms with Crippen LogP contribution in [0.2, 0.25) is 0 Å². The molecule has 3 rings (SSSR count). The van der Waals surface area contributed by atoms with Crippen LogP contribution in [-0.4, -0.2) is 13.9 Å². The van der Waals surface area contributed by atoms with Crippen LogP contribution in [0.4, 0.5) is 13.2 Å². The number of rotatable bonds is 3. The van der Waals surface area contributed by atoms with Crippen molar-refractivity contribution in [1.29, 1.82) is 0 Å². The van der Waals surface area contributed by atoms with E-state index in [2.05, 4.69) is 4.18 Å². The fourth-order valence-electron chi connectivity index (χ4n) is 2.25. The topological polar surface area (TPSA) is 47.3 Å². The number of hydrogen-bond donors (Lipinski definition) is 0. The van der Waals surface area contributed by atoms with Crippen LogP contribution in [0.25, 0.3) is 16.6 Å². The number of halogens is 3. The molecular formula is C16H11F3NO3S+. The van der Waals surface area contributed by atoms with Gasteiger partial charge in [0.1, 0.15) is 0 Å². The second kappa shape index (κ2) is 5.79. The number of alkyl halides is 3. The third-order valence-corrected chi connectivity index (χ3v) is 4.25. The Morgan fingerprint density at radius 3 is 2.12 bits per heavy atom.